The van der Waals surface area contributed by atoms with Gasteiger partial charge < -0.3 is 5.32 Å². The number of rotatable bonds is 2. The van der Waals surface area contributed by atoms with E-state index in [2.05, 4.69) is 10.4 Å². The maximum atomic E-state index is 13.8. The van der Waals surface area contributed by atoms with Gasteiger partial charge in [0.1, 0.15) is 11.6 Å². The minimum absolute atomic E-state index is 0.0766. The van der Waals surface area contributed by atoms with Crippen molar-refractivity contribution < 1.29 is 9.18 Å². The van der Waals surface area contributed by atoms with Crippen molar-refractivity contribution >= 4 is 23.5 Å². The Hall–Kier alpha value is -2.60. The van der Waals surface area contributed by atoms with Gasteiger partial charge in [0.15, 0.2) is 0 Å². The summed E-state index contributed by atoms with van der Waals surface area (Å²) in [5.41, 5.74) is 3.44. The zero-order chi connectivity index (χ0) is 18.3. The third-order valence-electron chi connectivity index (χ3n) is 4.47. The van der Waals surface area contributed by atoms with Crippen LogP contribution in [0.25, 0.3) is 5.69 Å². The predicted molar refractivity (Wildman–Crippen MR) is 102 cm³/mol. The number of carbonyl (C=O) groups is 1. The summed E-state index contributed by atoms with van der Waals surface area (Å²) in [6, 6.07) is 16.2. The van der Waals surface area contributed by atoms with Crippen LogP contribution in [0.5, 0.6) is 0 Å². The van der Waals surface area contributed by atoms with Crippen molar-refractivity contribution in [3.8, 4) is 5.69 Å². The summed E-state index contributed by atoms with van der Waals surface area (Å²) in [6.45, 7) is 3.79. The third kappa shape index (κ3) is 2.90. The highest BCUT2D eigenvalue weighted by Gasteiger charge is 2.34. The van der Waals surface area contributed by atoms with Gasteiger partial charge in [0.2, 0.25) is 5.91 Å². The molecular weight excluding hydrogens is 349 g/mol. The fourth-order valence-corrected chi connectivity index (χ4v) is 4.51. The van der Waals surface area contributed by atoms with Crippen LogP contribution in [0.3, 0.4) is 0 Å². The van der Waals surface area contributed by atoms with E-state index in [9.17, 15) is 9.18 Å². The lowest BCUT2D eigenvalue weighted by Crippen LogP contribution is -2.22. The summed E-state index contributed by atoms with van der Waals surface area (Å²) < 4.78 is 15.6. The third-order valence-corrected chi connectivity index (χ3v) is 5.87. The molecule has 2 heterocycles. The number of nitrogens with zero attached hydrogens (tertiary/aromatic N) is 2. The number of hydrogen-bond donors (Lipinski definition) is 1. The Morgan fingerprint density at radius 1 is 1.15 bits per heavy atom. The zero-order valence-electron chi connectivity index (χ0n) is 14.4. The highest BCUT2D eigenvalue weighted by molar-refractivity contribution is 8.01. The summed E-state index contributed by atoms with van der Waals surface area (Å²) in [7, 11) is 0. The van der Waals surface area contributed by atoms with Crippen LogP contribution in [0, 0.1) is 12.7 Å². The van der Waals surface area contributed by atoms with Crippen molar-refractivity contribution in [2.24, 2.45) is 0 Å². The Balaban J connectivity index is 1.92. The average molecular weight is 367 g/mol. The maximum absolute atomic E-state index is 13.8. The minimum atomic E-state index is -0.283. The van der Waals surface area contributed by atoms with Crippen molar-refractivity contribution in [3.63, 3.8) is 0 Å². The van der Waals surface area contributed by atoms with Crippen molar-refractivity contribution in [3.05, 3.63) is 77.2 Å². The molecule has 0 aliphatic carbocycles. The monoisotopic (exact) mass is 367 g/mol. The quantitative estimate of drug-likeness (QED) is 0.726. The number of carbonyl (C=O) groups excluding carboxylic acids is 1. The van der Waals surface area contributed by atoms with Crippen LogP contribution in [-0.2, 0) is 4.79 Å². The van der Waals surface area contributed by atoms with Crippen molar-refractivity contribution in [2.75, 3.05) is 5.32 Å². The van der Waals surface area contributed by atoms with E-state index < -0.39 is 0 Å². The standard InChI is InChI=1S/C20H18FN3OS/c1-12-17-18(14-7-6-8-15(21)11-14)26-13(2)20(25)22-19(17)24(23-12)16-9-4-3-5-10-16/h3-11,13,18H,1-2H3,(H,22,25). The van der Waals surface area contributed by atoms with Gasteiger partial charge in [0.25, 0.3) is 0 Å². The molecule has 3 aromatic rings. The molecule has 0 spiro atoms. The summed E-state index contributed by atoms with van der Waals surface area (Å²) in [5.74, 6) is 0.297. The van der Waals surface area contributed by atoms with E-state index in [4.69, 9.17) is 0 Å². The van der Waals surface area contributed by atoms with Crippen LogP contribution in [0.1, 0.15) is 29.0 Å². The van der Waals surface area contributed by atoms with Crippen LogP contribution in [-0.4, -0.2) is 20.9 Å². The van der Waals surface area contributed by atoms with Gasteiger partial charge in [0, 0.05) is 5.56 Å². The molecule has 132 valence electrons. The number of nitrogens with one attached hydrogen (secondary N) is 1. The Morgan fingerprint density at radius 2 is 1.92 bits per heavy atom. The second-order valence-corrected chi connectivity index (χ2v) is 7.75. The number of benzene rings is 2. The van der Waals surface area contributed by atoms with Crippen LogP contribution in [0.4, 0.5) is 10.2 Å². The lowest BCUT2D eigenvalue weighted by atomic mass is 10.0. The molecule has 26 heavy (non-hydrogen) atoms. The zero-order valence-corrected chi connectivity index (χ0v) is 15.3. The lowest BCUT2D eigenvalue weighted by Gasteiger charge is -2.17. The maximum Gasteiger partial charge on any atom is 0.238 e. The fraction of sp³-hybridized carbons (Fsp3) is 0.200. The van der Waals surface area contributed by atoms with E-state index in [1.54, 1.807) is 10.7 Å². The van der Waals surface area contributed by atoms with E-state index in [0.29, 0.717) is 5.82 Å². The molecule has 4 nitrogen and oxygen atoms in total. The molecule has 0 radical (unpaired) electrons. The number of para-hydroxylation sites is 1. The average Bonchev–Trinajstić information content (AvgIpc) is 2.88. The van der Waals surface area contributed by atoms with Gasteiger partial charge >= 0.3 is 0 Å². The first kappa shape index (κ1) is 16.8. The first-order valence-corrected chi connectivity index (χ1v) is 9.35. The molecule has 1 aliphatic rings. The van der Waals surface area contributed by atoms with Crippen molar-refractivity contribution in [1.29, 1.82) is 0 Å². The van der Waals surface area contributed by atoms with Crippen LogP contribution in [0.2, 0.25) is 0 Å². The number of thioether (sulfide) groups is 1. The highest BCUT2D eigenvalue weighted by atomic mass is 32.2. The summed E-state index contributed by atoms with van der Waals surface area (Å²) in [6.07, 6.45) is 0. The van der Waals surface area contributed by atoms with E-state index >= 15 is 0 Å². The number of anilines is 1. The van der Waals surface area contributed by atoms with Gasteiger partial charge in [-0.15, -0.1) is 11.8 Å². The summed E-state index contributed by atoms with van der Waals surface area (Å²) in [4.78, 5) is 12.6. The predicted octanol–water partition coefficient (Wildman–Crippen LogP) is 4.48. The first-order chi connectivity index (χ1) is 12.5. The Morgan fingerprint density at radius 3 is 2.65 bits per heavy atom. The molecular formula is C20H18FN3OS. The van der Waals surface area contributed by atoms with Crippen LogP contribution < -0.4 is 5.32 Å². The Labute approximate surface area is 155 Å². The van der Waals surface area contributed by atoms with E-state index in [0.717, 1.165) is 22.5 Å². The van der Waals surface area contributed by atoms with E-state index in [-0.39, 0.29) is 22.2 Å². The highest BCUT2D eigenvalue weighted by Crippen LogP contribution is 2.46. The molecule has 1 N–H and O–H groups in total. The van der Waals surface area contributed by atoms with E-state index in [1.807, 2.05) is 50.2 Å². The normalized spacial score (nSPS) is 19.6. The van der Waals surface area contributed by atoms with E-state index in [1.165, 1.54) is 23.9 Å². The number of halogens is 1. The summed E-state index contributed by atoms with van der Waals surface area (Å²) in [5, 5.41) is 7.24. The number of amides is 1. The number of aryl methyl sites for hydroxylation is 1. The molecule has 0 saturated heterocycles. The fourth-order valence-electron chi connectivity index (χ4n) is 3.20. The number of hydrogen-bond acceptors (Lipinski definition) is 3. The molecule has 0 saturated carbocycles. The van der Waals surface area contributed by atoms with Gasteiger partial charge in [-0.1, -0.05) is 30.3 Å². The lowest BCUT2D eigenvalue weighted by molar-refractivity contribution is -0.115. The van der Waals surface area contributed by atoms with Crippen LogP contribution >= 0.6 is 11.8 Å². The SMILES string of the molecule is Cc1nn(-c2ccccc2)c2c1C(c1cccc(F)c1)SC(C)C(=O)N2. The Kier molecular flexibility index (Phi) is 4.28. The van der Waals surface area contributed by atoms with Gasteiger partial charge in [-0.3, -0.25) is 4.79 Å². The largest absolute Gasteiger partial charge is 0.309 e. The smallest absolute Gasteiger partial charge is 0.238 e. The van der Waals surface area contributed by atoms with Gasteiger partial charge in [0.05, 0.1) is 21.9 Å². The van der Waals surface area contributed by atoms with Crippen molar-refractivity contribution in [1.82, 2.24) is 9.78 Å². The Bertz CT molecular complexity index is 970. The molecule has 1 aromatic heterocycles. The molecule has 2 unspecified atom stereocenters. The molecule has 2 aromatic carbocycles. The molecule has 1 aliphatic heterocycles. The molecule has 0 fully saturated rings. The molecule has 0 bridgehead atoms. The molecule has 6 heteroatoms. The van der Waals surface area contributed by atoms with Gasteiger partial charge in [-0.05, 0) is 43.7 Å². The minimum Gasteiger partial charge on any atom is -0.309 e. The second kappa shape index (κ2) is 6.61. The van der Waals surface area contributed by atoms with Crippen molar-refractivity contribution in [2.45, 2.75) is 24.3 Å². The topological polar surface area (TPSA) is 46.9 Å². The van der Waals surface area contributed by atoms with Gasteiger partial charge in [-0.25, -0.2) is 9.07 Å². The molecule has 2 atom stereocenters. The second-order valence-electron chi connectivity index (χ2n) is 6.30. The van der Waals surface area contributed by atoms with Gasteiger partial charge in [-0.2, -0.15) is 5.10 Å². The van der Waals surface area contributed by atoms with Crippen LogP contribution in [0.15, 0.2) is 54.6 Å². The molecule has 1 amide bonds. The summed E-state index contributed by atoms with van der Waals surface area (Å²) >= 11 is 1.51. The molecule has 4 rings (SSSR count). The number of fused-ring (bicyclic) bond motifs is 1. The first-order valence-electron chi connectivity index (χ1n) is 8.41. The number of aromatic nitrogens is 2.